The number of halogens is 1. The van der Waals surface area contributed by atoms with Crippen molar-refractivity contribution in [2.75, 3.05) is 5.32 Å². The van der Waals surface area contributed by atoms with Gasteiger partial charge in [-0.1, -0.05) is 26.7 Å². The molecule has 0 saturated heterocycles. The maximum atomic E-state index is 4.30. The van der Waals surface area contributed by atoms with Gasteiger partial charge in [0.15, 0.2) is 0 Å². The molecule has 1 heterocycles. The minimum Gasteiger partial charge on any atom is -0.367 e. The predicted molar refractivity (Wildman–Crippen MR) is 73.7 cm³/mol. The summed E-state index contributed by atoms with van der Waals surface area (Å²) in [4.78, 5) is 4.30. The third-order valence-corrected chi connectivity index (χ3v) is 3.20. The number of anilines is 1. The van der Waals surface area contributed by atoms with Crippen LogP contribution in [0.3, 0.4) is 0 Å². The highest BCUT2D eigenvalue weighted by Gasteiger charge is 2.05. The van der Waals surface area contributed by atoms with E-state index in [0.717, 1.165) is 16.2 Å². The topological polar surface area (TPSA) is 24.9 Å². The van der Waals surface area contributed by atoms with E-state index in [1.165, 1.54) is 19.3 Å². The van der Waals surface area contributed by atoms with Gasteiger partial charge in [0.1, 0.15) is 5.82 Å². The Morgan fingerprint density at radius 1 is 1.31 bits per heavy atom. The summed E-state index contributed by atoms with van der Waals surface area (Å²) in [6.07, 6.45) is 5.58. The second-order valence-corrected chi connectivity index (χ2v) is 5.56. The molecule has 1 atom stereocenters. The molecule has 0 aromatic carbocycles. The highest BCUT2D eigenvalue weighted by Crippen LogP contribution is 2.20. The first-order valence-corrected chi connectivity index (χ1v) is 6.76. The Balaban J connectivity index is 2.34. The van der Waals surface area contributed by atoms with E-state index < -0.39 is 0 Å². The minimum absolute atomic E-state index is 0.477. The summed E-state index contributed by atoms with van der Waals surface area (Å²) in [5.74, 6) is 1.74. The molecular weight excluding hydrogens is 264 g/mol. The van der Waals surface area contributed by atoms with Gasteiger partial charge < -0.3 is 5.32 Å². The van der Waals surface area contributed by atoms with Crippen LogP contribution in [0.4, 0.5) is 5.82 Å². The lowest BCUT2D eigenvalue weighted by Crippen LogP contribution is -2.16. The number of hydrogen-bond donors (Lipinski definition) is 1. The van der Waals surface area contributed by atoms with E-state index >= 15 is 0 Å². The second kappa shape index (κ2) is 6.89. The van der Waals surface area contributed by atoms with Crippen LogP contribution in [0.2, 0.25) is 0 Å². The molecule has 1 rings (SSSR count). The molecule has 1 aromatic rings. The van der Waals surface area contributed by atoms with Gasteiger partial charge in [-0.15, -0.1) is 0 Å². The van der Waals surface area contributed by atoms with E-state index in [-0.39, 0.29) is 0 Å². The fourth-order valence-electron chi connectivity index (χ4n) is 1.63. The SMILES string of the molecule is CC(C)CCCC(C)Nc1ncccc1Br. The number of nitrogens with one attached hydrogen (secondary N) is 1. The van der Waals surface area contributed by atoms with Gasteiger partial charge in [0.05, 0.1) is 4.47 Å². The molecule has 0 aliphatic heterocycles. The molecule has 1 unspecified atom stereocenters. The fourth-order valence-corrected chi connectivity index (χ4v) is 2.00. The quantitative estimate of drug-likeness (QED) is 0.834. The number of aromatic nitrogens is 1. The molecule has 90 valence electrons. The van der Waals surface area contributed by atoms with Crippen LogP contribution in [0.1, 0.15) is 40.0 Å². The van der Waals surface area contributed by atoms with Crippen LogP contribution >= 0.6 is 15.9 Å². The molecule has 0 amide bonds. The van der Waals surface area contributed by atoms with Crippen molar-refractivity contribution in [3.63, 3.8) is 0 Å². The van der Waals surface area contributed by atoms with Crippen LogP contribution in [0.15, 0.2) is 22.8 Å². The summed E-state index contributed by atoms with van der Waals surface area (Å²) in [5, 5.41) is 3.43. The van der Waals surface area contributed by atoms with E-state index in [1.54, 1.807) is 0 Å². The van der Waals surface area contributed by atoms with Crippen LogP contribution < -0.4 is 5.32 Å². The van der Waals surface area contributed by atoms with Gasteiger partial charge >= 0.3 is 0 Å². The standard InChI is InChI=1S/C13H21BrN2/c1-10(2)6-4-7-11(3)16-13-12(14)8-5-9-15-13/h5,8-11H,4,6-7H2,1-3H3,(H,15,16). The van der Waals surface area contributed by atoms with Crippen LogP contribution in [0, 0.1) is 5.92 Å². The Bertz CT molecular complexity index is 313. The van der Waals surface area contributed by atoms with Crippen molar-refractivity contribution in [2.24, 2.45) is 5.92 Å². The van der Waals surface area contributed by atoms with Crippen LogP contribution in [0.5, 0.6) is 0 Å². The molecule has 0 radical (unpaired) electrons. The molecule has 0 aliphatic carbocycles. The lowest BCUT2D eigenvalue weighted by atomic mass is 10.0. The maximum Gasteiger partial charge on any atom is 0.140 e. The summed E-state index contributed by atoms with van der Waals surface area (Å²) < 4.78 is 1.03. The van der Waals surface area contributed by atoms with E-state index in [9.17, 15) is 0 Å². The first kappa shape index (κ1) is 13.5. The van der Waals surface area contributed by atoms with Gasteiger partial charge in [0, 0.05) is 12.2 Å². The summed E-state index contributed by atoms with van der Waals surface area (Å²) >= 11 is 3.49. The van der Waals surface area contributed by atoms with E-state index in [4.69, 9.17) is 0 Å². The first-order chi connectivity index (χ1) is 7.59. The van der Waals surface area contributed by atoms with Gasteiger partial charge in [0.2, 0.25) is 0 Å². The minimum atomic E-state index is 0.477. The fraction of sp³-hybridized carbons (Fsp3) is 0.615. The monoisotopic (exact) mass is 284 g/mol. The number of nitrogens with zero attached hydrogens (tertiary/aromatic N) is 1. The molecule has 16 heavy (non-hydrogen) atoms. The molecule has 0 spiro atoms. The largest absolute Gasteiger partial charge is 0.367 e. The Hall–Kier alpha value is -0.570. The molecule has 1 N–H and O–H groups in total. The molecule has 1 aromatic heterocycles. The molecule has 0 aliphatic rings. The zero-order valence-corrected chi connectivity index (χ0v) is 11.9. The third-order valence-electron chi connectivity index (χ3n) is 2.56. The van der Waals surface area contributed by atoms with Crippen molar-refractivity contribution >= 4 is 21.7 Å². The van der Waals surface area contributed by atoms with Crippen molar-refractivity contribution in [3.8, 4) is 0 Å². The van der Waals surface area contributed by atoms with Gasteiger partial charge in [-0.25, -0.2) is 4.98 Å². The molecule has 3 heteroatoms. The smallest absolute Gasteiger partial charge is 0.140 e. The highest BCUT2D eigenvalue weighted by atomic mass is 79.9. The van der Waals surface area contributed by atoms with E-state index in [2.05, 4.69) is 47.0 Å². The van der Waals surface area contributed by atoms with Crippen molar-refractivity contribution < 1.29 is 0 Å². The van der Waals surface area contributed by atoms with Gasteiger partial charge in [0.25, 0.3) is 0 Å². The van der Waals surface area contributed by atoms with Gasteiger partial charge in [-0.2, -0.15) is 0 Å². The Morgan fingerprint density at radius 3 is 2.69 bits per heavy atom. The number of rotatable bonds is 6. The van der Waals surface area contributed by atoms with Crippen LogP contribution in [-0.4, -0.2) is 11.0 Å². The molecule has 0 bridgehead atoms. The average molecular weight is 285 g/mol. The zero-order valence-electron chi connectivity index (χ0n) is 10.3. The zero-order chi connectivity index (χ0) is 12.0. The van der Waals surface area contributed by atoms with Crippen molar-refractivity contribution in [3.05, 3.63) is 22.8 Å². The van der Waals surface area contributed by atoms with Crippen molar-refractivity contribution in [1.29, 1.82) is 0 Å². The highest BCUT2D eigenvalue weighted by molar-refractivity contribution is 9.10. The summed E-state index contributed by atoms with van der Waals surface area (Å²) in [6.45, 7) is 6.75. The van der Waals surface area contributed by atoms with Gasteiger partial charge in [-0.05, 0) is 47.3 Å². The van der Waals surface area contributed by atoms with Crippen LogP contribution in [-0.2, 0) is 0 Å². The Kier molecular flexibility index (Phi) is 5.81. The third kappa shape index (κ3) is 4.97. The summed E-state index contributed by atoms with van der Waals surface area (Å²) in [7, 11) is 0. The predicted octanol–water partition coefficient (Wildman–Crippen LogP) is 4.47. The number of hydrogen-bond acceptors (Lipinski definition) is 2. The second-order valence-electron chi connectivity index (χ2n) is 4.70. The molecule has 0 fully saturated rings. The van der Waals surface area contributed by atoms with Gasteiger partial charge in [-0.3, -0.25) is 0 Å². The molecule has 2 nitrogen and oxygen atoms in total. The van der Waals surface area contributed by atoms with Crippen LogP contribution in [0.25, 0.3) is 0 Å². The number of pyridine rings is 1. The molecular formula is C13H21BrN2. The first-order valence-electron chi connectivity index (χ1n) is 5.96. The molecule has 0 saturated carbocycles. The Morgan fingerprint density at radius 2 is 2.06 bits per heavy atom. The summed E-state index contributed by atoms with van der Waals surface area (Å²) in [6, 6.07) is 4.42. The summed E-state index contributed by atoms with van der Waals surface area (Å²) in [5.41, 5.74) is 0. The van der Waals surface area contributed by atoms with E-state index in [1.807, 2.05) is 18.3 Å². The lowest BCUT2D eigenvalue weighted by Gasteiger charge is -2.15. The Labute approximate surface area is 107 Å². The van der Waals surface area contributed by atoms with E-state index in [0.29, 0.717) is 6.04 Å². The van der Waals surface area contributed by atoms with Crippen molar-refractivity contribution in [1.82, 2.24) is 4.98 Å². The average Bonchev–Trinajstić information content (AvgIpc) is 2.21. The van der Waals surface area contributed by atoms with Crippen molar-refractivity contribution in [2.45, 2.75) is 46.1 Å². The lowest BCUT2D eigenvalue weighted by molar-refractivity contribution is 0.520. The maximum absolute atomic E-state index is 4.30. The normalized spacial score (nSPS) is 12.8.